The van der Waals surface area contributed by atoms with Gasteiger partial charge in [-0.3, -0.25) is 57.5 Å². The smallest absolute Gasteiger partial charge is 0.326 e. The lowest BCUT2D eigenvalue weighted by Gasteiger charge is -2.27. The van der Waals surface area contributed by atoms with Gasteiger partial charge >= 0.3 is 17.9 Å². The average Bonchev–Trinajstić information content (AvgIpc) is 1.66. The van der Waals surface area contributed by atoms with E-state index in [4.69, 9.17) is 11.5 Å². The number of carboxylic acid groups (broad SMARTS) is 3. The van der Waals surface area contributed by atoms with Crippen LogP contribution in [0.2, 0.25) is 0 Å². The zero-order valence-electron chi connectivity index (χ0n) is 50.0. The fraction of sp³-hybridized carbons (Fsp3) is 0.339. The van der Waals surface area contributed by atoms with Gasteiger partial charge in [-0.1, -0.05) is 92.7 Å². The summed E-state index contributed by atoms with van der Waals surface area (Å²) in [6.07, 6.45) is -0.967. The standard InChI is InChI=1S/C62H73N13O17/c1-32(2)54(62(91)92)75-61(90)48(27-53(82)83)74-57(86)43(22-33-10-4-3-5-11-33)71-56(85)44(23-34-16-18-37(76)19-17-34)72-58(87)45(24-35-29-65-40-14-8-6-12-38(35)40)69-51(79)31-67-55(84)42(20-21-52(80)81)70-59(88)46(25-36-30-66-41-15-9-7-13-39(36)41)73-60(89)47(26-49(64)77)68-50(78)28-63/h3-19,29-30,32,42-48,54,65-66,76H,20-28,31,63H2,1-2H3,(H2,64,77)(H,67,84)(H,68,78)(H,69,79)(H,70,88)(H,71,85)(H,72,87)(H,73,89)(H,74,86)(H,75,90)(H,80,81)(H,82,83)(H,91,92)/t42-,43-,44-,45-,46-,47-,48-,54-/m0/s1. The summed E-state index contributed by atoms with van der Waals surface area (Å²) in [6, 6.07) is 14.5. The molecule has 30 heteroatoms. The van der Waals surface area contributed by atoms with Gasteiger partial charge in [0.1, 0.15) is 54.1 Å². The number of fused-ring (bicyclic) bond motifs is 2. The zero-order valence-corrected chi connectivity index (χ0v) is 50.0. The number of carboxylic acids is 3. The molecular formula is C62H73N13O17. The molecule has 0 aliphatic rings. The van der Waals surface area contributed by atoms with Crippen LogP contribution >= 0.6 is 0 Å². The number of H-pyrrole nitrogens is 2. The zero-order chi connectivity index (χ0) is 67.2. The molecule has 0 fully saturated rings. The second kappa shape index (κ2) is 33.4. The number of aromatic nitrogens is 2. The van der Waals surface area contributed by atoms with Crippen molar-refractivity contribution in [3.63, 3.8) is 0 Å². The predicted molar refractivity (Wildman–Crippen MR) is 329 cm³/mol. The van der Waals surface area contributed by atoms with Gasteiger partial charge in [-0.15, -0.1) is 0 Å². The molecule has 0 saturated heterocycles. The number of rotatable bonds is 35. The number of carbonyl (C=O) groups is 13. The van der Waals surface area contributed by atoms with Crippen molar-refractivity contribution >= 4 is 98.8 Å². The Kier molecular flexibility index (Phi) is 25.4. The topological polar surface area (TPSA) is 495 Å². The van der Waals surface area contributed by atoms with Gasteiger partial charge in [0.15, 0.2) is 0 Å². The number of nitrogens with one attached hydrogen (secondary N) is 11. The Labute approximate surface area is 525 Å². The normalized spacial score (nSPS) is 13.7. The van der Waals surface area contributed by atoms with Crippen molar-refractivity contribution in [3.05, 3.63) is 138 Å². The summed E-state index contributed by atoms with van der Waals surface area (Å²) in [6.45, 7) is 1.50. The molecule has 0 saturated carbocycles. The Morgan fingerprint density at radius 2 is 0.880 bits per heavy atom. The van der Waals surface area contributed by atoms with E-state index in [-0.39, 0.29) is 31.4 Å². The Morgan fingerprint density at radius 3 is 1.36 bits per heavy atom. The minimum absolute atomic E-state index is 0.150. The highest BCUT2D eigenvalue weighted by Gasteiger charge is 2.36. The first-order valence-corrected chi connectivity index (χ1v) is 29.0. The maximum Gasteiger partial charge on any atom is 0.326 e. The molecule has 8 atom stereocenters. The van der Waals surface area contributed by atoms with Gasteiger partial charge in [-0.05, 0) is 58.9 Å². The quantitative estimate of drug-likeness (QED) is 0.0216. The molecule has 30 nitrogen and oxygen atoms in total. The Balaban J connectivity index is 1.27. The number of aromatic amines is 2. The van der Waals surface area contributed by atoms with Crippen molar-refractivity contribution in [2.24, 2.45) is 17.4 Å². The third-order valence-corrected chi connectivity index (χ3v) is 14.6. The molecule has 488 valence electrons. The summed E-state index contributed by atoms with van der Waals surface area (Å²) in [5.41, 5.74) is 13.9. The van der Waals surface area contributed by atoms with E-state index in [1.807, 2.05) is 0 Å². The molecule has 0 bridgehead atoms. The first kappa shape index (κ1) is 69.9. The third kappa shape index (κ3) is 21.0. The minimum atomic E-state index is -1.85. The maximum absolute atomic E-state index is 14.9. The molecule has 10 amide bonds. The van der Waals surface area contributed by atoms with E-state index in [1.54, 1.807) is 91.3 Å². The number of benzene rings is 4. The first-order chi connectivity index (χ1) is 43.8. The van der Waals surface area contributed by atoms with Crippen LogP contribution in [0.4, 0.5) is 0 Å². The lowest BCUT2D eigenvalue weighted by molar-refractivity contribution is -0.144. The van der Waals surface area contributed by atoms with Crippen molar-refractivity contribution < 1.29 is 82.8 Å². The molecule has 2 aromatic heterocycles. The van der Waals surface area contributed by atoms with E-state index < -0.39 is 170 Å². The highest BCUT2D eigenvalue weighted by Crippen LogP contribution is 2.22. The number of primary amides is 1. The van der Waals surface area contributed by atoms with Crippen LogP contribution in [0.25, 0.3) is 21.8 Å². The second-order valence-corrected chi connectivity index (χ2v) is 21.9. The number of aliphatic carboxylic acids is 3. The van der Waals surface area contributed by atoms with Gasteiger partial charge in [-0.25, -0.2) is 4.79 Å². The number of nitrogens with two attached hydrogens (primary N) is 2. The van der Waals surface area contributed by atoms with Gasteiger partial charge in [0.05, 0.1) is 25.9 Å². The van der Waals surface area contributed by atoms with Crippen molar-refractivity contribution in [1.29, 1.82) is 0 Å². The number of amides is 10. The van der Waals surface area contributed by atoms with Gasteiger partial charge in [0.25, 0.3) is 0 Å². The molecule has 4 aromatic carbocycles. The molecule has 6 aromatic rings. The summed E-state index contributed by atoms with van der Waals surface area (Å²) in [4.78, 5) is 180. The molecule has 0 aliphatic heterocycles. The second-order valence-electron chi connectivity index (χ2n) is 21.9. The lowest BCUT2D eigenvalue weighted by Crippen LogP contribution is -2.60. The molecule has 19 N–H and O–H groups in total. The number of aromatic hydroxyl groups is 1. The fourth-order valence-corrected chi connectivity index (χ4v) is 9.84. The summed E-state index contributed by atoms with van der Waals surface area (Å²) in [5, 5.41) is 62.6. The number of hydrogen-bond acceptors (Lipinski definition) is 15. The van der Waals surface area contributed by atoms with Crippen LogP contribution < -0.4 is 59.3 Å². The van der Waals surface area contributed by atoms with Crippen LogP contribution in [0.15, 0.2) is 116 Å². The SMILES string of the molecule is CC(C)[C@H](NC(=O)[C@H](CC(=O)O)NC(=O)[C@H](Cc1ccccc1)NC(=O)[C@H](Cc1ccc(O)cc1)NC(=O)[C@H](Cc1c[nH]c2ccccc12)NC(=O)CNC(=O)[C@H](CCC(=O)O)NC(=O)[C@H](Cc1c[nH]c2ccccc12)NC(=O)[C@H](CC(N)=O)NC(=O)CN)C(=O)O. The molecular weight excluding hydrogens is 1200 g/mol. The molecule has 6 rings (SSSR count). The number of phenolic OH excluding ortho intramolecular Hbond substituents is 1. The summed E-state index contributed by atoms with van der Waals surface area (Å²) in [5.74, 6) is -15.4. The maximum atomic E-state index is 14.9. The van der Waals surface area contributed by atoms with Crippen LogP contribution in [-0.2, 0) is 88.0 Å². The van der Waals surface area contributed by atoms with Crippen molar-refractivity contribution in [1.82, 2.24) is 57.8 Å². The van der Waals surface area contributed by atoms with Crippen molar-refractivity contribution in [3.8, 4) is 5.75 Å². The Bertz CT molecular complexity index is 3670. The van der Waals surface area contributed by atoms with Crippen LogP contribution in [0.3, 0.4) is 0 Å². The molecule has 0 unspecified atom stereocenters. The van der Waals surface area contributed by atoms with Gasteiger partial charge < -0.3 is 89.7 Å². The molecule has 0 aliphatic carbocycles. The number of phenols is 1. The first-order valence-electron chi connectivity index (χ1n) is 29.0. The molecule has 0 spiro atoms. The van der Waals surface area contributed by atoms with Gasteiger partial charge in [0.2, 0.25) is 59.1 Å². The average molecular weight is 1270 g/mol. The number of carbonyl (C=O) groups excluding carboxylic acids is 10. The minimum Gasteiger partial charge on any atom is -0.508 e. The van der Waals surface area contributed by atoms with Crippen LogP contribution in [0, 0.1) is 5.92 Å². The van der Waals surface area contributed by atoms with Gasteiger partial charge in [0, 0.05) is 66.3 Å². The van der Waals surface area contributed by atoms with E-state index in [2.05, 4.69) is 57.8 Å². The summed E-state index contributed by atoms with van der Waals surface area (Å²) < 4.78 is 0. The lowest BCUT2D eigenvalue weighted by atomic mass is 10.00. The van der Waals surface area contributed by atoms with E-state index in [0.29, 0.717) is 44.1 Å². The van der Waals surface area contributed by atoms with Gasteiger partial charge in [-0.2, -0.15) is 0 Å². The molecule has 2 heterocycles. The van der Waals surface area contributed by atoms with E-state index >= 15 is 0 Å². The Morgan fingerprint density at radius 1 is 0.457 bits per heavy atom. The van der Waals surface area contributed by atoms with Crippen LogP contribution in [0.1, 0.15) is 61.8 Å². The summed E-state index contributed by atoms with van der Waals surface area (Å²) >= 11 is 0. The highest BCUT2D eigenvalue weighted by atomic mass is 16.4. The van der Waals surface area contributed by atoms with E-state index in [1.165, 1.54) is 38.1 Å². The number of hydrogen-bond donors (Lipinski definition) is 17. The monoisotopic (exact) mass is 1270 g/mol. The highest BCUT2D eigenvalue weighted by molar-refractivity contribution is 6.00. The predicted octanol–water partition coefficient (Wildman–Crippen LogP) is -1.47. The van der Waals surface area contributed by atoms with Crippen LogP contribution in [0.5, 0.6) is 5.75 Å². The summed E-state index contributed by atoms with van der Waals surface area (Å²) in [7, 11) is 0. The van der Waals surface area contributed by atoms with Crippen molar-refractivity contribution in [2.75, 3.05) is 13.1 Å². The van der Waals surface area contributed by atoms with Crippen LogP contribution in [-0.4, -0.2) is 169 Å². The molecule has 92 heavy (non-hydrogen) atoms. The third-order valence-electron chi connectivity index (χ3n) is 14.6. The Hall–Kier alpha value is -11.2. The van der Waals surface area contributed by atoms with E-state index in [9.17, 15) is 82.8 Å². The fourth-order valence-electron chi connectivity index (χ4n) is 9.84. The molecule has 0 radical (unpaired) electrons. The van der Waals surface area contributed by atoms with E-state index in [0.717, 1.165) is 0 Å². The van der Waals surface area contributed by atoms with Crippen molar-refractivity contribution in [2.45, 2.75) is 114 Å². The largest absolute Gasteiger partial charge is 0.508 e. The number of para-hydroxylation sites is 2.